The minimum absolute atomic E-state index is 0.317. The van der Waals surface area contributed by atoms with Gasteiger partial charge in [-0.3, -0.25) is 5.73 Å². The number of hydrogen-bond donors (Lipinski definition) is 0. The van der Waals surface area contributed by atoms with Crippen molar-refractivity contribution < 1.29 is 0 Å². The van der Waals surface area contributed by atoms with E-state index in [1.54, 1.807) is 0 Å². The van der Waals surface area contributed by atoms with Gasteiger partial charge in [-0.15, -0.1) is 0 Å². The van der Waals surface area contributed by atoms with Crippen LogP contribution >= 0.6 is 12.2 Å². The van der Waals surface area contributed by atoms with Crippen LogP contribution in [-0.4, -0.2) is 23.1 Å². The van der Waals surface area contributed by atoms with Crippen LogP contribution in [-0.2, 0) is 0 Å². The molecule has 0 bridgehead atoms. The molecular formula is C11H23N2S. The minimum Gasteiger partial charge on any atom is -0.348 e. The van der Waals surface area contributed by atoms with E-state index in [1.165, 1.54) is 38.5 Å². The highest BCUT2D eigenvalue weighted by Crippen LogP contribution is 2.02. The second-order valence-electron chi connectivity index (χ2n) is 3.71. The van der Waals surface area contributed by atoms with Gasteiger partial charge in [0.15, 0.2) is 5.11 Å². The molecule has 0 aliphatic rings. The van der Waals surface area contributed by atoms with Crippen molar-refractivity contribution in [2.75, 3.05) is 13.1 Å². The molecule has 0 rings (SSSR count). The SMILES string of the molecule is CCCCCN(CCCCC)C([NH])=S. The van der Waals surface area contributed by atoms with Crippen LogP contribution in [0.15, 0.2) is 0 Å². The Labute approximate surface area is 93.8 Å². The van der Waals surface area contributed by atoms with E-state index in [2.05, 4.69) is 13.8 Å². The molecule has 83 valence electrons. The van der Waals surface area contributed by atoms with Crippen molar-refractivity contribution in [2.24, 2.45) is 0 Å². The molecular weight excluding hydrogens is 192 g/mol. The number of rotatable bonds is 8. The largest absolute Gasteiger partial charge is 0.348 e. The smallest absolute Gasteiger partial charge is 0.187 e. The third-order valence-corrected chi connectivity index (χ3v) is 2.61. The second kappa shape index (κ2) is 9.25. The first kappa shape index (κ1) is 13.7. The summed E-state index contributed by atoms with van der Waals surface area (Å²) in [4.78, 5) is 2.03. The number of unbranched alkanes of at least 4 members (excludes halogenated alkanes) is 4. The molecule has 0 aliphatic carbocycles. The van der Waals surface area contributed by atoms with Gasteiger partial charge >= 0.3 is 0 Å². The van der Waals surface area contributed by atoms with Crippen LogP contribution < -0.4 is 5.73 Å². The average molecular weight is 215 g/mol. The van der Waals surface area contributed by atoms with Crippen molar-refractivity contribution in [3.63, 3.8) is 0 Å². The molecule has 3 heteroatoms. The van der Waals surface area contributed by atoms with Gasteiger partial charge in [0.05, 0.1) is 0 Å². The lowest BCUT2D eigenvalue weighted by Crippen LogP contribution is -2.32. The fourth-order valence-electron chi connectivity index (χ4n) is 1.42. The van der Waals surface area contributed by atoms with Gasteiger partial charge in [0.25, 0.3) is 0 Å². The minimum atomic E-state index is 0.317. The predicted octanol–water partition coefficient (Wildman–Crippen LogP) is 3.24. The number of nitrogens with one attached hydrogen (secondary N) is 1. The molecule has 0 heterocycles. The topological polar surface area (TPSA) is 27.0 Å². The molecule has 2 nitrogen and oxygen atoms in total. The number of hydrogen-bond acceptors (Lipinski definition) is 1. The highest BCUT2D eigenvalue weighted by Gasteiger charge is 2.05. The molecule has 14 heavy (non-hydrogen) atoms. The summed E-state index contributed by atoms with van der Waals surface area (Å²) < 4.78 is 0. The zero-order chi connectivity index (χ0) is 10.8. The predicted molar refractivity (Wildman–Crippen MR) is 66.3 cm³/mol. The summed E-state index contributed by atoms with van der Waals surface area (Å²) in [6.07, 6.45) is 7.28. The lowest BCUT2D eigenvalue weighted by Gasteiger charge is -2.21. The average Bonchev–Trinajstić information content (AvgIpc) is 2.15. The highest BCUT2D eigenvalue weighted by atomic mass is 32.1. The van der Waals surface area contributed by atoms with Gasteiger partial charge in [0, 0.05) is 13.1 Å². The van der Waals surface area contributed by atoms with Crippen molar-refractivity contribution in [2.45, 2.75) is 52.4 Å². The maximum Gasteiger partial charge on any atom is 0.187 e. The van der Waals surface area contributed by atoms with Gasteiger partial charge < -0.3 is 4.90 Å². The summed E-state index contributed by atoms with van der Waals surface area (Å²) >= 11 is 4.91. The normalized spacial score (nSPS) is 10.1. The molecule has 0 saturated heterocycles. The summed E-state index contributed by atoms with van der Waals surface area (Å²) in [6, 6.07) is 0. The molecule has 0 amide bonds. The molecule has 0 aromatic heterocycles. The van der Waals surface area contributed by atoms with Crippen molar-refractivity contribution in [1.82, 2.24) is 10.6 Å². The summed E-state index contributed by atoms with van der Waals surface area (Å²) in [5.74, 6) is 0. The van der Waals surface area contributed by atoms with E-state index in [4.69, 9.17) is 18.0 Å². The Hall–Kier alpha value is -0.310. The zero-order valence-electron chi connectivity index (χ0n) is 9.51. The Bertz CT molecular complexity index is 138. The Morgan fingerprint density at radius 1 is 1.00 bits per heavy atom. The van der Waals surface area contributed by atoms with E-state index in [0.29, 0.717) is 5.11 Å². The van der Waals surface area contributed by atoms with Gasteiger partial charge in [0.2, 0.25) is 0 Å². The van der Waals surface area contributed by atoms with E-state index in [9.17, 15) is 0 Å². The maximum atomic E-state index is 7.46. The van der Waals surface area contributed by atoms with Crippen LogP contribution in [0, 0.1) is 0 Å². The molecule has 1 N–H and O–H groups in total. The first-order valence-corrected chi connectivity index (χ1v) is 6.13. The molecule has 0 aliphatic heterocycles. The second-order valence-corrected chi connectivity index (χ2v) is 4.09. The van der Waals surface area contributed by atoms with Crippen LogP contribution in [0.25, 0.3) is 0 Å². The first-order chi connectivity index (χ1) is 6.72. The summed E-state index contributed by atoms with van der Waals surface area (Å²) in [6.45, 7) is 6.33. The lowest BCUT2D eigenvalue weighted by molar-refractivity contribution is 0.392. The third kappa shape index (κ3) is 7.13. The monoisotopic (exact) mass is 215 g/mol. The quantitative estimate of drug-likeness (QED) is 0.459. The van der Waals surface area contributed by atoms with Crippen molar-refractivity contribution in [1.29, 1.82) is 0 Å². The molecule has 1 radical (unpaired) electrons. The van der Waals surface area contributed by atoms with E-state index in [1.807, 2.05) is 4.90 Å². The summed E-state index contributed by atoms with van der Waals surface area (Å²) in [7, 11) is 0. The van der Waals surface area contributed by atoms with E-state index < -0.39 is 0 Å². The summed E-state index contributed by atoms with van der Waals surface area (Å²) in [5, 5.41) is 0.317. The Balaban J connectivity index is 3.61. The van der Waals surface area contributed by atoms with Crippen molar-refractivity contribution in [3.8, 4) is 0 Å². The molecule has 0 aromatic carbocycles. The molecule has 0 atom stereocenters. The zero-order valence-corrected chi connectivity index (χ0v) is 10.3. The Morgan fingerprint density at radius 3 is 1.71 bits per heavy atom. The van der Waals surface area contributed by atoms with Crippen LogP contribution in [0.4, 0.5) is 0 Å². The molecule has 0 fully saturated rings. The molecule has 0 spiro atoms. The van der Waals surface area contributed by atoms with Crippen LogP contribution in [0.5, 0.6) is 0 Å². The van der Waals surface area contributed by atoms with Crippen LogP contribution in [0.2, 0.25) is 0 Å². The van der Waals surface area contributed by atoms with Crippen LogP contribution in [0.1, 0.15) is 52.4 Å². The van der Waals surface area contributed by atoms with E-state index in [-0.39, 0.29) is 0 Å². The summed E-state index contributed by atoms with van der Waals surface area (Å²) in [5.41, 5.74) is 7.46. The maximum absolute atomic E-state index is 7.46. The van der Waals surface area contributed by atoms with E-state index in [0.717, 1.165) is 13.1 Å². The number of thiocarbonyl (C=S) groups is 1. The molecule has 0 aromatic rings. The fourth-order valence-corrected chi connectivity index (χ4v) is 1.60. The van der Waals surface area contributed by atoms with Gasteiger partial charge in [-0.2, -0.15) is 0 Å². The van der Waals surface area contributed by atoms with Crippen molar-refractivity contribution >= 4 is 17.3 Å². The Morgan fingerprint density at radius 2 is 1.43 bits per heavy atom. The fraction of sp³-hybridized carbons (Fsp3) is 0.909. The van der Waals surface area contributed by atoms with Gasteiger partial charge in [-0.1, -0.05) is 39.5 Å². The van der Waals surface area contributed by atoms with Crippen molar-refractivity contribution in [3.05, 3.63) is 0 Å². The van der Waals surface area contributed by atoms with Gasteiger partial charge in [0.1, 0.15) is 0 Å². The van der Waals surface area contributed by atoms with Gasteiger partial charge in [-0.25, -0.2) is 0 Å². The lowest BCUT2D eigenvalue weighted by atomic mass is 10.2. The van der Waals surface area contributed by atoms with E-state index >= 15 is 0 Å². The van der Waals surface area contributed by atoms with Crippen LogP contribution in [0.3, 0.4) is 0 Å². The standard InChI is InChI=1S/C11H23N2S/c1-3-5-7-9-13(11(12)14)10-8-6-4-2/h12H,3-10H2,1-2H3. The molecule has 0 unspecified atom stereocenters. The molecule has 0 saturated carbocycles. The number of nitrogens with zero attached hydrogens (tertiary/aromatic N) is 1. The van der Waals surface area contributed by atoms with Gasteiger partial charge in [-0.05, 0) is 25.1 Å². The first-order valence-electron chi connectivity index (χ1n) is 5.72. The third-order valence-electron chi connectivity index (χ3n) is 2.35. The Kier molecular flexibility index (Phi) is 9.05. The highest BCUT2D eigenvalue weighted by molar-refractivity contribution is 7.80.